The molecule has 8 nitrogen and oxygen atoms in total. The Hall–Kier alpha value is -1.08. The van der Waals surface area contributed by atoms with Gasteiger partial charge in [0.1, 0.15) is 12.6 Å². The van der Waals surface area contributed by atoms with Crippen LogP contribution in [0.5, 0.6) is 0 Å². The van der Waals surface area contributed by atoms with Gasteiger partial charge in [0.05, 0.1) is 19.1 Å². The van der Waals surface area contributed by atoms with E-state index < -0.39 is 19.9 Å². The van der Waals surface area contributed by atoms with Crippen molar-refractivity contribution in [3.63, 3.8) is 0 Å². The van der Waals surface area contributed by atoms with E-state index >= 15 is 0 Å². The van der Waals surface area contributed by atoms with E-state index in [4.69, 9.17) is 13.8 Å². The Kier molecular flexibility index (Phi) is 19.2. The molecule has 1 aliphatic rings. The molecule has 35 heavy (non-hydrogen) atoms. The first kappa shape index (κ1) is 31.9. The van der Waals surface area contributed by atoms with Crippen molar-refractivity contribution in [2.24, 2.45) is 5.18 Å². The van der Waals surface area contributed by atoms with Crippen molar-refractivity contribution in [2.45, 2.75) is 135 Å². The van der Waals surface area contributed by atoms with Gasteiger partial charge in [-0.25, -0.2) is 4.57 Å². The fraction of sp³-hybridized carbons (Fsp3) is 0.885. The average molecular weight is 518 g/mol. The molecule has 3 atom stereocenters. The maximum atomic E-state index is 12.5. The van der Waals surface area contributed by atoms with Crippen molar-refractivity contribution in [3.8, 4) is 0 Å². The van der Waals surface area contributed by atoms with Gasteiger partial charge in [0.15, 0.2) is 0 Å². The lowest BCUT2D eigenvalue weighted by Crippen LogP contribution is -2.22. The van der Waals surface area contributed by atoms with Crippen molar-refractivity contribution in [1.29, 1.82) is 0 Å². The Bertz CT molecular complexity index is 629. The van der Waals surface area contributed by atoms with E-state index in [-0.39, 0.29) is 25.7 Å². The summed E-state index contributed by atoms with van der Waals surface area (Å²) in [5.74, 6) is -0.458. The van der Waals surface area contributed by atoms with Crippen LogP contribution in [0.4, 0.5) is 0 Å². The largest absolute Gasteiger partial charge is 0.472 e. The second-order valence-electron chi connectivity index (χ2n) is 9.62. The van der Waals surface area contributed by atoms with Crippen LogP contribution in [0.25, 0.3) is 0 Å². The molecule has 0 aliphatic carbocycles. The van der Waals surface area contributed by atoms with Crippen molar-refractivity contribution in [1.82, 2.24) is 0 Å². The maximum Gasteiger partial charge on any atom is 0.472 e. The molecule has 1 unspecified atom stereocenters. The number of carbonyl (C=O) groups is 1. The fourth-order valence-corrected chi connectivity index (χ4v) is 5.20. The zero-order valence-electron chi connectivity index (χ0n) is 21.7. The molecule has 0 radical (unpaired) electrons. The molecule has 1 aliphatic heterocycles. The number of ether oxygens (including phenoxy) is 1. The van der Waals surface area contributed by atoms with Gasteiger partial charge in [-0.15, -0.1) is 0 Å². The minimum atomic E-state index is -4.39. The van der Waals surface area contributed by atoms with E-state index in [1.165, 1.54) is 70.6 Å². The molecule has 0 aromatic carbocycles. The summed E-state index contributed by atoms with van der Waals surface area (Å²) >= 11 is 0. The minimum absolute atomic E-state index is 0.117. The number of nitrogens with zero attached hydrogens (tertiary/aromatic N) is 1. The highest BCUT2D eigenvalue weighted by Gasteiger charge is 2.28. The highest BCUT2D eigenvalue weighted by molar-refractivity contribution is 7.47. The lowest BCUT2D eigenvalue weighted by molar-refractivity contribution is -0.150. The SMILES string of the molecule is C[C@@H]1C/C=C/CCCCCCCCCCCCCCCC[C@@H](OP(=O)(O)OCCN=O)CC(=O)O1. The number of phosphoric acid groups is 1. The molecule has 1 heterocycles. The summed E-state index contributed by atoms with van der Waals surface area (Å²) < 4.78 is 27.8. The molecule has 1 rings (SSSR count). The smallest absolute Gasteiger partial charge is 0.462 e. The van der Waals surface area contributed by atoms with Crippen molar-refractivity contribution in [3.05, 3.63) is 17.1 Å². The number of cyclic esters (lactones) is 1. The topological polar surface area (TPSA) is 111 Å². The van der Waals surface area contributed by atoms with Crippen molar-refractivity contribution < 1.29 is 28.0 Å². The van der Waals surface area contributed by atoms with Crippen molar-refractivity contribution in [2.75, 3.05) is 13.2 Å². The number of hydrogen-bond acceptors (Lipinski definition) is 7. The van der Waals surface area contributed by atoms with Gasteiger partial charge in [-0.3, -0.25) is 13.8 Å². The Balaban J connectivity index is 2.60. The maximum absolute atomic E-state index is 12.5. The van der Waals surface area contributed by atoms with Gasteiger partial charge in [-0.05, 0) is 26.2 Å². The first-order valence-electron chi connectivity index (χ1n) is 13.7. The van der Waals surface area contributed by atoms with Crippen LogP contribution in [0.2, 0.25) is 0 Å². The Morgan fingerprint density at radius 1 is 0.943 bits per heavy atom. The predicted molar refractivity (Wildman–Crippen MR) is 139 cm³/mol. The molecule has 0 aromatic heterocycles. The summed E-state index contributed by atoms with van der Waals surface area (Å²) in [7, 11) is -4.39. The number of carbonyl (C=O) groups excluding carboxylic acids is 1. The number of rotatable bonds is 6. The number of esters is 1. The summed E-state index contributed by atoms with van der Waals surface area (Å²) in [4.78, 5) is 32.6. The Morgan fingerprint density at radius 2 is 1.49 bits per heavy atom. The molecule has 0 saturated heterocycles. The summed E-state index contributed by atoms with van der Waals surface area (Å²) in [5, 5.41) is 2.61. The van der Waals surface area contributed by atoms with Crippen LogP contribution < -0.4 is 0 Å². The highest BCUT2D eigenvalue weighted by Crippen LogP contribution is 2.45. The first-order chi connectivity index (χ1) is 16.9. The molecule has 9 heteroatoms. The third-order valence-electron chi connectivity index (χ3n) is 6.23. The minimum Gasteiger partial charge on any atom is -0.462 e. The van der Waals surface area contributed by atoms with Crippen LogP contribution in [0.15, 0.2) is 17.3 Å². The first-order valence-corrected chi connectivity index (χ1v) is 15.2. The van der Waals surface area contributed by atoms with Gasteiger partial charge >= 0.3 is 13.8 Å². The molecule has 0 aromatic rings. The summed E-state index contributed by atoms with van der Waals surface area (Å²) in [5.41, 5.74) is 0. The highest BCUT2D eigenvalue weighted by atomic mass is 31.2. The third-order valence-corrected chi connectivity index (χ3v) is 7.30. The zero-order valence-corrected chi connectivity index (χ0v) is 22.6. The van der Waals surface area contributed by atoms with E-state index in [0.29, 0.717) is 12.8 Å². The summed E-state index contributed by atoms with van der Waals surface area (Å²) in [6.07, 6.45) is 22.2. The van der Waals surface area contributed by atoms with Gasteiger partial charge in [0.2, 0.25) is 0 Å². The predicted octanol–water partition coefficient (Wildman–Crippen LogP) is 7.78. The van der Waals surface area contributed by atoms with E-state index in [1.54, 1.807) is 0 Å². The van der Waals surface area contributed by atoms with Gasteiger partial charge in [0.25, 0.3) is 0 Å². The molecule has 0 amide bonds. The van der Waals surface area contributed by atoms with Crippen LogP contribution >= 0.6 is 7.82 Å². The number of allylic oxidation sites excluding steroid dienone is 1. The molecule has 0 saturated carbocycles. The van der Waals surface area contributed by atoms with Gasteiger partial charge in [0, 0.05) is 6.42 Å². The fourth-order valence-electron chi connectivity index (χ4n) is 4.27. The molecule has 0 bridgehead atoms. The molecule has 0 spiro atoms. The Labute approximate surface area is 212 Å². The zero-order chi connectivity index (χ0) is 25.6. The quantitative estimate of drug-likeness (QED) is 0.126. The van der Waals surface area contributed by atoms with Gasteiger partial charge in [-0.2, -0.15) is 4.91 Å². The second kappa shape index (κ2) is 21.0. The van der Waals surface area contributed by atoms with Crippen molar-refractivity contribution >= 4 is 13.8 Å². The molecule has 204 valence electrons. The number of phosphoric ester groups is 1. The number of hydrogen-bond donors (Lipinski definition) is 1. The molecule has 1 N–H and O–H groups in total. The van der Waals surface area contributed by atoms with Gasteiger partial charge < -0.3 is 9.63 Å². The monoisotopic (exact) mass is 517 g/mol. The van der Waals surface area contributed by atoms with Crippen LogP contribution in [-0.4, -0.2) is 36.2 Å². The van der Waals surface area contributed by atoms with E-state index in [1.807, 2.05) is 6.92 Å². The van der Waals surface area contributed by atoms with E-state index in [9.17, 15) is 19.2 Å². The van der Waals surface area contributed by atoms with E-state index in [2.05, 4.69) is 17.3 Å². The lowest BCUT2D eigenvalue weighted by atomic mass is 10.0. The van der Waals surface area contributed by atoms with Crippen LogP contribution in [0.1, 0.15) is 122 Å². The van der Waals surface area contributed by atoms with Crippen LogP contribution in [0, 0.1) is 4.91 Å². The lowest BCUT2D eigenvalue weighted by Gasteiger charge is -2.21. The average Bonchev–Trinajstić information content (AvgIpc) is 2.79. The molecular weight excluding hydrogens is 469 g/mol. The Morgan fingerprint density at radius 3 is 2.06 bits per heavy atom. The van der Waals surface area contributed by atoms with E-state index in [0.717, 1.165) is 25.7 Å². The summed E-state index contributed by atoms with van der Waals surface area (Å²) in [6.45, 7) is 1.29. The normalized spacial score (nSPS) is 26.5. The second-order valence-corrected chi connectivity index (χ2v) is 11.0. The number of nitroso groups, excluding NO2 is 1. The molecular formula is C26H48NO7P. The standard InChI is InChI=1S/C26H48NO7P/c1-24-19-17-15-13-11-9-7-5-3-2-4-6-8-10-12-14-16-18-20-25(23-26(28)33-24)34-35(30,31)32-22-21-27-29/h15,17,24-25H,2-14,16,18-23H2,1H3,(H,30,31)/b17-15+/t24-,25-/m1/s1. The summed E-state index contributed by atoms with van der Waals surface area (Å²) in [6, 6.07) is 0. The van der Waals surface area contributed by atoms with Crippen LogP contribution in [0.3, 0.4) is 0 Å². The third kappa shape index (κ3) is 19.7. The molecule has 0 fully saturated rings. The van der Waals surface area contributed by atoms with Gasteiger partial charge in [-0.1, -0.05) is 101 Å². The van der Waals surface area contributed by atoms with Crippen LogP contribution in [-0.2, 0) is 23.1 Å².